The molecule has 25 heavy (non-hydrogen) atoms. The molecule has 0 spiro atoms. The first-order valence-corrected chi connectivity index (χ1v) is 8.53. The highest BCUT2D eigenvalue weighted by molar-refractivity contribution is 5.99. The lowest BCUT2D eigenvalue weighted by atomic mass is 10.1. The standard InChI is InChI=1S/C19H24N2O4/c1-19(2,3)25-18(23)21-10-8-20(9-11-21)17(22)15-12-14-6-4-5-7-16(14)24-13-15/h4-7,12H,8-11,13H2,1-3H3. The Hall–Kier alpha value is -2.50. The number of para-hydroxylation sites is 1. The molecule has 3 rings (SSSR count). The Kier molecular flexibility index (Phi) is 4.70. The molecule has 0 aliphatic carbocycles. The topological polar surface area (TPSA) is 59.1 Å². The number of carbonyl (C=O) groups is 2. The highest BCUT2D eigenvalue weighted by Gasteiger charge is 2.29. The largest absolute Gasteiger partial charge is 0.488 e. The summed E-state index contributed by atoms with van der Waals surface area (Å²) < 4.78 is 11.0. The molecule has 0 N–H and O–H groups in total. The molecule has 134 valence electrons. The monoisotopic (exact) mass is 344 g/mol. The van der Waals surface area contributed by atoms with Gasteiger partial charge in [-0.25, -0.2) is 4.79 Å². The summed E-state index contributed by atoms with van der Waals surface area (Å²) in [4.78, 5) is 28.2. The number of piperazine rings is 1. The minimum atomic E-state index is -0.512. The van der Waals surface area contributed by atoms with Crippen LogP contribution in [0.3, 0.4) is 0 Å². The minimum Gasteiger partial charge on any atom is -0.488 e. The average Bonchev–Trinajstić information content (AvgIpc) is 2.59. The normalized spacial score (nSPS) is 17.3. The van der Waals surface area contributed by atoms with E-state index in [0.29, 0.717) is 31.8 Å². The Morgan fingerprint density at radius 1 is 1.04 bits per heavy atom. The molecule has 1 saturated heterocycles. The first-order chi connectivity index (χ1) is 11.8. The van der Waals surface area contributed by atoms with Gasteiger partial charge in [-0.05, 0) is 32.9 Å². The van der Waals surface area contributed by atoms with Gasteiger partial charge in [-0.15, -0.1) is 0 Å². The fourth-order valence-corrected chi connectivity index (χ4v) is 2.86. The molecule has 2 amide bonds. The molecular formula is C19H24N2O4. The molecule has 0 aromatic heterocycles. The van der Waals surface area contributed by atoms with Crippen molar-refractivity contribution >= 4 is 18.1 Å². The van der Waals surface area contributed by atoms with Crippen molar-refractivity contribution in [3.63, 3.8) is 0 Å². The summed E-state index contributed by atoms with van der Waals surface area (Å²) in [6.45, 7) is 7.77. The molecular weight excluding hydrogens is 320 g/mol. The molecule has 0 saturated carbocycles. The number of hydrogen-bond acceptors (Lipinski definition) is 4. The third-order valence-electron chi connectivity index (χ3n) is 4.13. The quantitative estimate of drug-likeness (QED) is 0.785. The summed E-state index contributed by atoms with van der Waals surface area (Å²) in [7, 11) is 0. The molecule has 0 bridgehead atoms. The van der Waals surface area contributed by atoms with Crippen LogP contribution in [-0.2, 0) is 9.53 Å². The first-order valence-electron chi connectivity index (χ1n) is 8.53. The van der Waals surface area contributed by atoms with Crippen LogP contribution in [-0.4, -0.2) is 60.2 Å². The maximum atomic E-state index is 12.7. The van der Waals surface area contributed by atoms with Crippen molar-refractivity contribution in [1.29, 1.82) is 0 Å². The number of nitrogens with zero attached hydrogens (tertiary/aromatic N) is 2. The first kappa shape index (κ1) is 17.3. The van der Waals surface area contributed by atoms with Crippen LogP contribution in [0.4, 0.5) is 4.79 Å². The van der Waals surface area contributed by atoms with Crippen LogP contribution in [0.2, 0.25) is 0 Å². The van der Waals surface area contributed by atoms with E-state index in [2.05, 4.69) is 0 Å². The van der Waals surface area contributed by atoms with E-state index in [4.69, 9.17) is 9.47 Å². The maximum Gasteiger partial charge on any atom is 0.410 e. The Labute approximate surface area is 148 Å². The minimum absolute atomic E-state index is 0.0293. The predicted octanol–water partition coefficient (Wildman–Crippen LogP) is 2.54. The van der Waals surface area contributed by atoms with Gasteiger partial charge in [0.05, 0.1) is 5.57 Å². The molecule has 6 nitrogen and oxygen atoms in total. The summed E-state index contributed by atoms with van der Waals surface area (Å²) in [5.41, 5.74) is 1.05. The van der Waals surface area contributed by atoms with E-state index in [0.717, 1.165) is 11.3 Å². The SMILES string of the molecule is CC(C)(C)OC(=O)N1CCN(C(=O)C2=Cc3ccccc3OC2)CC1. The Morgan fingerprint density at radius 3 is 2.36 bits per heavy atom. The Bertz CT molecular complexity index is 698. The van der Waals surface area contributed by atoms with Crippen LogP contribution in [0.1, 0.15) is 26.3 Å². The Morgan fingerprint density at radius 2 is 1.68 bits per heavy atom. The van der Waals surface area contributed by atoms with Crippen molar-refractivity contribution in [2.75, 3.05) is 32.8 Å². The van der Waals surface area contributed by atoms with E-state index >= 15 is 0 Å². The van der Waals surface area contributed by atoms with Crippen LogP contribution in [0.25, 0.3) is 6.08 Å². The van der Waals surface area contributed by atoms with Crippen LogP contribution in [0, 0.1) is 0 Å². The molecule has 0 radical (unpaired) electrons. The summed E-state index contributed by atoms with van der Waals surface area (Å²) >= 11 is 0. The number of ether oxygens (including phenoxy) is 2. The van der Waals surface area contributed by atoms with Crippen molar-refractivity contribution in [1.82, 2.24) is 9.80 Å². The lowest BCUT2D eigenvalue weighted by Crippen LogP contribution is -2.52. The smallest absolute Gasteiger partial charge is 0.410 e. The lowest BCUT2D eigenvalue weighted by molar-refractivity contribution is -0.129. The number of benzene rings is 1. The average molecular weight is 344 g/mol. The number of hydrogen-bond donors (Lipinski definition) is 0. The molecule has 1 aromatic rings. The molecule has 0 unspecified atom stereocenters. The van der Waals surface area contributed by atoms with E-state index in [9.17, 15) is 9.59 Å². The predicted molar refractivity (Wildman–Crippen MR) is 94.3 cm³/mol. The van der Waals surface area contributed by atoms with Crippen LogP contribution in [0.15, 0.2) is 29.8 Å². The van der Waals surface area contributed by atoms with Gasteiger partial charge in [0.15, 0.2) is 0 Å². The van der Waals surface area contributed by atoms with Crippen molar-refractivity contribution in [3.8, 4) is 5.75 Å². The summed E-state index contributed by atoms with van der Waals surface area (Å²) in [5.74, 6) is 0.770. The van der Waals surface area contributed by atoms with Gasteiger partial charge in [0.2, 0.25) is 0 Å². The van der Waals surface area contributed by atoms with E-state index in [1.54, 1.807) is 9.80 Å². The molecule has 2 aliphatic rings. The summed E-state index contributed by atoms with van der Waals surface area (Å²) in [5, 5.41) is 0. The van der Waals surface area contributed by atoms with E-state index in [-0.39, 0.29) is 18.6 Å². The maximum absolute atomic E-state index is 12.7. The third-order valence-corrected chi connectivity index (χ3v) is 4.13. The lowest BCUT2D eigenvalue weighted by Gasteiger charge is -2.36. The number of rotatable bonds is 1. The van der Waals surface area contributed by atoms with E-state index < -0.39 is 5.60 Å². The van der Waals surface area contributed by atoms with Gasteiger partial charge in [-0.3, -0.25) is 4.79 Å². The second kappa shape index (κ2) is 6.78. The van der Waals surface area contributed by atoms with Crippen molar-refractivity contribution in [2.45, 2.75) is 26.4 Å². The molecule has 2 heterocycles. The van der Waals surface area contributed by atoms with Crippen LogP contribution < -0.4 is 4.74 Å². The highest BCUT2D eigenvalue weighted by atomic mass is 16.6. The van der Waals surface area contributed by atoms with Crippen molar-refractivity contribution in [2.24, 2.45) is 0 Å². The van der Waals surface area contributed by atoms with Crippen molar-refractivity contribution < 1.29 is 19.1 Å². The van der Waals surface area contributed by atoms with Gasteiger partial charge >= 0.3 is 6.09 Å². The highest BCUT2D eigenvalue weighted by Crippen LogP contribution is 2.26. The number of amides is 2. The van der Waals surface area contributed by atoms with Gasteiger partial charge < -0.3 is 19.3 Å². The molecule has 2 aliphatic heterocycles. The van der Waals surface area contributed by atoms with Crippen LogP contribution in [0.5, 0.6) is 5.75 Å². The second-order valence-corrected chi connectivity index (χ2v) is 7.26. The van der Waals surface area contributed by atoms with Crippen LogP contribution >= 0.6 is 0 Å². The second-order valence-electron chi connectivity index (χ2n) is 7.26. The fraction of sp³-hybridized carbons (Fsp3) is 0.474. The Balaban J connectivity index is 1.59. The summed E-state index contributed by atoms with van der Waals surface area (Å²) in [6, 6.07) is 7.66. The zero-order chi connectivity index (χ0) is 18.0. The van der Waals surface area contributed by atoms with Crippen molar-refractivity contribution in [3.05, 3.63) is 35.4 Å². The molecule has 6 heteroatoms. The number of fused-ring (bicyclic) bond motifs is 1. The van der Waals surface area contributed by atoms with Gasteiger partial charge in [-0.2, -0.15) is 0 Å². The molecule has 1 fully saturated rings. The van der Waals surface area contributed by atoms with Gasteiger partial charge in [-0.1, -0.05) is 18.2 Å². The van der Waals surface area contributed by atoms with Gasteiger partial charge in [0, 0.05) is 31.7 Å². The summed E-state index contributed by atoms with van der Waals surface area (Å²) in [6.07, 6.45) is 1.57. The van der Waals surface area contributed by atoms with Gasteiger partial charge in [0.25, 0.3) is 5.91 Å². The van der Waals surface area contributed by atoms with Gasteiger partial charge in [0.1, 0.15) is 18.0 Å². The number of carbonyl (C=O) groups excluding carboxylic acids is 2. The zero-order valence-corrected chi connectivity index (χ0v) is 14.9. The molecule has 0 atom stereocenters. The molecule has 1 aromatic carbocycles. The third kappa shape index (κ3) is 4.13. The zero-order valence-electron chi connectivity index (χ0n) is 14.9. The van der Waals surface area contributed by atoms with E-state index in [1.807, 2.05) is 51.1 Å². The van der Waals surface area contributed by atoms with E-state index in [1.165, 1.54) is 0 Å². The fourth-order valence-electron chi connectivity index (χ4n) is 2.86.